The van der Waals surface area contributed by atoms with E-state index in [1.54, 1.807) is 0 Å². The number of rotatable bonds is 2. The van der Waals surface area contributed by atoms with Gasteiger partial charge in [0.25, 0.3) is 5.91 Å². The van der Waals surface area contributed by atoms with Crippen LogP contribution in [0.25, 0.3) is 0 Å². The number of imide groups is 1. The molecule has 1 aliphatic carbocycles. The van der Waals surface area contributed by atoms with Gasteiger partial charge in [0.1, 0.15) is 0 Å². The maximum absolute atomic E-state index is 13.8. The molecule has 2 bridgehead atoms. The van der Waals surface area contributed by atoms with Crippen LogP contribution in [0, 0.1) is 10.8 Å². The first-order valence-electron chi connectivity index (χ1n) is 11.2. The summed E-state index contributed by atoms with van der Waals surface area (Å²) in [5.41, 5.74) is 1.25. The van der Waals surface area contributed by atoms with Crippen LogP contribution in [-0.2, 0) is 20.7 Å². The molecule has 0 aromatic heterocycles. The summed E-state index contributed by atoms with van der Waals surface area (Å²) < 4.78 is 5.72. The van der Waals surface area contributed by atoms with Crippen molar-refractivity contribution in [2.45, 2.75) is 64.2 Å². The standard InChI is InChI=1S/C24H29N3O4S/c1-14-18(16-8-9-17-15(13-16)7-6-12-26(17)5)25-27(21(30)32-14)19(28)24-11-10-23(4,20(29)31-24)22(24,2)3/h8-9,13-14H,6-7,10-12H2,1-5H3. The number of hydrogen-bond donors (Lipinski definition) is 0. The third-order valence-corrected chi connectivity index (χ3v) is 9.34. The van der Waals surface area contributed by atoms with Crippen LogP contribution in [0.1, 0.15) is 58.1 Å². The third-order valence-electron chi connectivity index (χ3n) is 8.39. The minimum Gasteiger partial charge on any atom is -0.448 e. The average Bonchev–Trinajstić information content (AvgIpc) is 3.04. The number of hydrazone groups is 1. The first-order valence-corrected chi connectivity index (χ1v) is 12.1. The number of benzene rings is 1. The Kier molecular flexibility index (Phi) is 4.58. The Balaban J connectivity index is 1.54. The van der Waals surface area contributed by atoms with Crippen LogP contribution in [0.4, 0.5) is 10.5 Å². The second-order valence-electron chi connectivity index (χ2n) is 10.2. The summed E-state index contributed by atoms with van der Waals surface area (Å²) in [6.45, 7) is 8.59. The second-order valence-corrected chi connectivity index (χ2v) is 11.5. The van der Waals surface area contributed by atoms with Crippen molar-refractivity contribution >= 4 is 40.3 Å². The molecule has 3 unspecified atom stereocenters. The molecule has 8 heteroatoms. The maximum atomic E-state index is 13.8. The summed E-state index contributed by atoms with van der Waals surface area (Å²) >= 11 is 1.08. The number of carbonyl (C=O) groups excluding carboxylic acids is 3. The van der Waals surface area contributed by atoms with Gasteiger partial charge in [0.05, 0.1) is 16.4 Å². The van der Waals surface area contributed by atoms with Crippen molar-refractivity contribution in [3.8, 4) is 0 Å². The summed E-state index contributed by atoms with van der Waals surface area (Å²) in [5, 5.41) is 4.92. The topological polar surface area (TPSA) is 79.3 Å². The molecule has 7 nitrogen and oxygen atoms in total. The lowest BCUT2D eigenvalue weighted by Crippen LogP contribution is -2.55. The monoisotopic (exact) mass is 455 g/mol. The summed E-state index contributed by atoms with van der Waals surface area (Å²) in [5.74, 6) is -0.896. The molecule has 2 amide bonds. The molecule has 32 heavy (non-hydrogen) atoms. The predicted molar refractivity (Wildman–Crippen MR) is 124 cm³/mol. The second kappa shape index (κ2) is 6.83. The van der Waals surface area contributed by atoms with Gasteiger partial charge in [-0.15, -0.1) is 0 Å². The fourth-order valence-corrected chi connectivity index (χ4v) is 6.57. The number of aryl methyl sites for hydroxylation is 1. The van der Waals surface area contributed by atoms with Gasteiger partial charge in [-0.1, -0.05) is 31.7 Å². The van der Waals surface area contributed by atoms with Gasteiger partial charge in [-0.05, 0) is 62.8 Å². The quantitative estimate of drug-likeness (QED) is 0.628. The van der Waals surface area contributed by atoms with Gasteiger partial charge in [0.2, 0.25) is 0 Å². The first-order chi connectivity index (χ1) is 15.0. The van der Waals surface area contributed by atoms with Crippen molar-refractivity contribution in [3.63, 3.8) is 0 Å². The van der Waals surface area contributed by atoms with E-state index >= 15 is 0 Å². The van der Waals surface area contributed by atoms with Crippen molar-refractivity contribution in [1.82, 2.24) is 5.01 Å². The van der Waals surface area contributed by atoms with Crippen molar-refractivity contribution in [1.29, 1.82) is 0 Å². The van der Waals surface area contributed by atoms with E-state index < -0.39 is 27.6 Å². The normalized spacial score (nSPS) is 33.2. The summed E-state index contributed by atoms with van der Waals surface area (Å²) in [6.07, 6.45) is 3.05. The first kappa shape index (κ1) is 21.5. The van der Waals surface area contributed by atoms with Gasteiger partial charge in [0, 0.05) is 24.7 Å². The molecule has 1 aromatic rings. The van der Waals surface area contributed by atoms with E-state index in [4.69, 9.17) is 4.74 Å². The molecule has 2 fully saturated rings. The number of carbonyl (C=O) groups is 3. The van der Waals surface area contributed by atoms with Crippen molar-refractivity contribution in [2.24, 2.45) is 15.9 Å². The van der Waals surface area contributed by atoms with Crippen LogP contribution in [0.3, 0.4) is 0 Å². The minimum atomic E-state index is -1.36. The smallest absolute Gasteiger partial charge is 0.313 e. The Labute approximate surface area is 192 Å². The number of esters is 1. The lowest BCUT2D eigenvalue weighted by Gasteiger charge is -2.38. The predicted octanol–water partition coefficient (Wildman–Crippen LogP) is 3.98. The van der Waals surface area contributed by atoms with Crippen molar-refractivity contribution < 1.29 is 19.1 Å². The molecule has 1 aromatic carbocycles. The Morgan fingerprint density at radius 1 is 1.22 bits per heavy atom. The summed E-state index contributed by atoms with van der Waals surface area (Å²) in [7, 11) is 2.09. The Morgan fingerprint density at radius 2 is 1.97 bits per heavy atom. The van der Waals surface area contributed by atoms with Crippen LogP contribution in [-0.4, -0.2) is 52.3 Å². The van der Waals surface area contributed by atoms with Crippen LogP contribution < -0.4 is 4.90 Å². The molecule has 0 N–H and O–H groups in total. The highest BCUT2D eigenvalue weighted by Gasteiger charge is 2.76. The third kappa shape index (κ3) is 2.62. The number of fused-ring (bicyclic) bond motifs is 3. The van der Waals surface area contributed by atoms with Gasteiger partial charge in [-0.3, -0.25) is 14.4 Å². The van der Waals surface area contributed by atoms with Crippen molar-refractivity contribution in [2.75, 3.05) is 18.5 Å². The molecule has 5 rings (SSSR count). The molecule has 0 spiro atoms. The van der Waals surface area contributed by atoms with Gasteiger partial charge >= 0.3 is 11.2 Å². The lowest BCUT2D eigenvalue weighted by atomic mass is 9.66. The van der Waals surface area contributed by atoms with Crippen LogP contribution in [0.15, 0.2) is 23.3 Å². The molecule has 170 valence electrons. The van der Waals surface area contributed by atoms with E-state index in [-0.39, 0.29) is 11.2 Å². The van der Waals surface area contributed by atoms with Gasteiger partial charge in [0.15, 0.2) is 5.60 Å². The zero-order valence-corrected chi connectivity index (χ0v) is 20.0. The van der Waals surface area contributed by atoms with E-state index in [2.05, 4.69) is 29.2 Å². The highest BCUT2D eigenvalue weighted by molar-refractivity contribution is 8.14. The molecule has 3 heterocycles. The molecule has 4 aliphatic rings. The number of ether oxygens (including phenoxy) is 1. The highest BCUT2D eigenvalue weighted by Crippen LogP contribution is 2.66. The lowest BCUT2D eigenvalue weighted by molar-refractivity contribution is -0.172. The molecule has 3 aliphatic heterocycles. The largest absolute Gasteiger partial charge is 0.448 e. The molecule has 0 radical (unpaired) electrons. The zero-order chi connectivity index (χ0) is 23.1. The van der Waals surface area contributed by atoms with Crippen LogP contribution in [0.5, 0.6) is 0 Å². The Morgan fingerprint density at radius 3 is 2.62 bits per heavy atom. The van der Waals surface area contributed by atoms with E-state index in [0.29, 0.717) is 18.6 Å². The minimum absolute atomic E-state index is 0.184. The fourth-order valence-electron chi connectivity index (χ4n) is 5.74. The number of nitrogens with zero attached hydrogens (tertiary/aromatic N) is 3. The number of hydrogen-bond acceptors (Lipinski definition) is 7. The van der Waals surface area contributed by atoms with E-state index in [0.717, 1.165) is 41.7 Å². The van der Waals surface area contributed by atoms with Crippen LogP contribution >= 0.6 is 11.8 Å². The SMILES string of the molecule is CC1SC(=O)N(C(=O)C23CCC(C)(C(=O)O2)C3(C)C)N=C1c1ccc2c(c1)CCCN2C. The van der Waals surface area contributed by atoms with E-state index in [1.807, 2.05) is 33.8 Å². The van der Waals surface area contributed by atoms with E-state index in [1.165, 1.54) is 11.3 Å². The number of anilines is 1. The summed E-state index contributed by atoms with van der Waals surface area (Å²) in [4.78, 5) is 41.5. The van der Waals surface area contributed by atoms with Crippen molar-refractivity contribution in [3.05, 3.63) is 29.3 Å². The average molecular weight is 456 g/mol. The number of thioether (sulfide) groups is 1. The number of amides is 2. The molecule has 1 saturated carbocycles. The maximum Gasteiger partial charge on any atom is 0.313 e. The van der Waals surface area contributed by atoms with Crippen LogP contribution in [0.2, 0.25) is 0 Å². The van der Waals surface area contributed by atoms with Gasteiger partial charge in [-0.25, -0.2) is 0 Å². The molecular formula is C24H29N3O4S. The Bertz CT molecular complexity index is 1080. The highest BCUT2D eigenvalue weighted by atomic mass is 32.2. The summed E-state index contributed by atoms with van der Waals surface area (Å²) in [6, 6.07) is 6.23. The molecule has 1 saturated heterocycles. The fraction of sp³-hybridized carbons (Fsp3) is 0.583. The van der Waals surface area contributed by atoms with Gasteiger partial charge in [-0.2, -0.15) is 10.1 Å². The molecule has 3 atom stereocenters. The molecular weight excluding hydrogens is 426 g/mol. The zero-order valence-electron chi connectivity index (χ0n) is 19.2. The van der Waals surface area contributed by atoms with E-state index in [9.17, 15) is 14.4 Å². The Hall–Kier alpha value is -2.35. The van der Waals surface area contributed by atoms with Gasteiger partial charge < -0.3 is 9.64 Å².